The molecule has 0 atom stereocenters. The Morgan fingerprint density at radius 2 is 2.11 bits per heavy atom. The highest BCUT2D eigenvalue weighted by Crippen LogP contribution is 2.12. The molecule has 4 heteroatoms. The summed E-state index contributed by atoms with van der Waals surface area (Å²) in [7, 11) is 2.13. The van der Waals surface area contributed by atoms with E-state index in [4.69, 9.17) is 0 Å². The van der Waals surface area contributed by atoms with Gasteiger partial charge in [-0.2, -0.15) is 0 Å². The molecule has 2 N–H and O–H groups in total. The third kappa shape index (κ3) is 4.29. The molecule has 0 bridgehead atoms. The molecule has 1 aliphatic heterocycles. The van der Waals surface area contributed by atoms with Crippen LogP contribution in [0.4, 0.5) is 0 Å². The largest absolute Gasteiger partial charge is 0.508 e. The van der Waals surface area contributed by atoms with Crippen molar-refractivity contribution in [2.75, 3.05) is 46.3 Å². The summed E-state index contributed by atoms with van der Waals surface area (Å²) >= 11 is 0. The maximum atomic E-state index is 9.43. The van der Waals surface area contributed by atoms with Crippen molar-refractivity contribution < 1.29 is 5.11 Å². The lowest BCUT2D eigenvalue weighted by Gasteiger charge is -2.29. The molecule has 1 aliphatic rings. The zero-order valence-electron chi connectivity index (χ0n) is 11.1. The number of nitrogens with one attached hydrogen (secondary N) is 1. The predicted octanol–water partition coefficient (Wildman–Crippen LogP) is 0.729. The van der Waals surface area contributed by atoms with Gasteiger partial charge in [-0.15, -0.1) is 0 Å². The van der Waals surface area contributed by atoms with Gasteiger partial charge in [-0.3, -0.25) is 4.90 Å². The van der Waals surface area contributed by atoms with Crippen molar-refractivity contribution >= 4 is 0 Å². The quantitative estimate of drug-likeness (QED) is 0.807. The van der Waals surface area contributed by atoms with Gasteiger partial charge in [-0.25, -0.2) is 0 Å². The molecule has 1 aromatic rings. The highest BCUT2D eigenvalue weighted by atomic mass is 16.3. The topological polar surface area (TPSA) is 38.7 Å². The molecule has 0 radical (unpaired) electrons. The zero-order valence-corrected chi connectivity index (χ0v) is 11.1. The van der Waals surface area contributed by atoms with Crippen LogP contribution < -0.4 is 5.32 Å². The number of piperazine rings is 1. The second-order valence-electron chi connectivity index (χ2n) is 5.00. The predicted molar refractivity (Wildman–Crippen MR) is 73.8 cm³/mol. The fourth-order valence-corrected chi connectivity index (χ4v) is 2.29. The van der Waals surface area contributed by atoms with Gasteiger partial charge in [-0.05, 0) is 24.7 Å². The molecule has 0 aromatic heterocycles. The summed E-state index contributed by atoms with van der Waals surface area (Å²) in [5.41, 5.74) is 1.16. The van der Waals surface area contributed by atoms with Crippen LogP contribution in [0.2, 0.25) is 0 Å². The van der Waals surface area contributed by atoms with Crippen LogP contribution in [0, 0.1) is 0 Å². The van der Waals surface area contributed by atoms with Gasteiger partial charge in [0.2, 0.25) is 0 Å². The number of benzene rings is 1. The minimum absolute atomic E-state index is 0.350. The Kier molecular flexibility index (Phi) is 4.99. The summed E-state index contributed by atoms with van der Waals surface area (Å²) in [5.74, 6) is 0.350. The second-order valence-corrected chi connectivity index (χ2v) is 5.00. The van der Waals surface area contributed by atoms with Crippen molar-refractivity contribution in [3.05, 3.63) is 29.8 Å². The van der Waals surface area contributed by atoms with E-state index in [1.54, 1.807) is 6.07 Å². The van der Waals surface area contributed by atoms with Gasteiger partial charge in [0, 0.05) is 45.8 Å². The lowest BCUT2D eigenvalue weighted by Crippen LogP contribution is -2.45. The average Bonchev–Trinajstić information content (AvgIpc) is 2.38. The van der Waals surface area contributed by atoms with Gasteiger partial charge in [-0.1, -0.05) is 12.1 Å². The van der Waals surface area contributed by atoms with Gasteiger partial charge in [0.05, 0.1) is 0 Å². The fourth-order valence-electron chi connectivity index (χ4n) is 2.29. The van der Waals surface area contributed by atoms with Crippen LogP contribution >= 0.6 is 0 Å². The molecule has 0 amide bonds. The van der Waals surface area contributed by atoms with Crippen LogP contribution in [0.5, 0.6) is 5.75 Å². The smallest absolute Gasteiger partial charge is 0.115 e. The molecule has 18 heavy (non-hydrogen) atoms. The molecule has 0 unspecified atom stereocenters. The van der Waals surface area contributed by atoms with E-state index in [9.17, 15) is 5.11 Å². The van der Waals surface area contributed by atoms with Crippen molar-refractivity contribution in [2.24, 2.45) is 0 Å². The van der Waals surface area contributed by atoms with E-state index < -0.39 is 0 Å². The highest BCUT2D eigenvalue weighted by Gasteiger charge is 2.10. The normalized spacial score (nSPS) is 17.2. The molecule has 1 heterocycles. The Bertz CT molecular complexity index is 364. The monoisotopic (exact) mass is 249 g/mol. The van der Waals surface area contributed by atoms with E-state index in [1.807, 2.05) is 12.1 Å². The van der Waals surface area contributed by atoms with Crippen LogP contribution in [-0.4, -0.2) is 61.2 Å². The molecule has 1 fully saturated rings. The Labute approximate surface area is 109 Å². The SMILES string of the molecule is CN(CCN1CCNCC1)Cc1cccc(O)c1. The Balaban J connectivity index is 1.72. The summed E-state index contributed by atoms with van der Waals surface area (Å²) < 4.78 is 0. The van der Waals surface area contributed by atoms with Gasteiger partial charge in [0.15, 0.2) is 0 Å². The van der Waals surface area contributed by atoms with Crippen molar-refractivity contribution in [2.45, 2.75) is 6.54 Å². The fraction of sp³-hybridized carbons (Fsp3) is 0.571. The Morgan fingerprint density at radius 3 is 2.83 bits per heavy atom. The molecule has 1 saturated heterocycles. The van der Waals surface area contributed by atoms with Crippen LogP contribution in [0.15, 0.2) is 24.3 Å². The maximum Gasteiger partial charge on any atom is 0.115 e. The molecule has 4 nitrogen and oxygen atoms in total. The van der Waals surface area contributed by atoms with Crippen molar-refractivity contribution in [3.8, 4) is 5.75 Å². The first-order valence-electron chi connectivity index (χ1n) is 6.63. The molecular weight excluding hydrogens is 226 g/mol. The van der Waals surface area contributed by atoms with Crippen LogP contribution in [-0.2, 0) is 6.54 Å². The highest BCUT2D eigenvalue weighted by molar-refractivity contribution is 5.26. The van der Waals surface area contributed by atoms with Gasteiger partial charge in [0.25, 0.3) is 0 Å². The number of phenolic OH excluding ortho intramolecular Hbond substituents is 1. The lowest BCUT2D eigenvalue weighted by molar-refractivity contribution is 0.202. The first-order valence-corrected chi connectivity index (χ1v) is 6.63. The first kappa shape index (κ1) is 13.3. The first-order chi connectivity index (χ1) is 8.74. The summed E-state index contributed by atoms with van der Waals surface area (Å²) in [6.45, 7) is 7.60. The molecule has 100 valence electrons. The Morgan fingerprint density at radius 1 is 1.33 bits per heavy atom. The molecule has 1 aromatic carbocycles. The van der Waals surface area contributed by atoms with Gasteiger partial charge >= 0.3 is 0 Å². The number of likely N-dealkylation sites (N-methyl/N-ethyl adjacent to an activating group) is 1. The van der Waals surface area contributed by atoms with Gasteiger partial charge < -0.3 is 15.3 Å². The number of aromatic hydroxyl groups is 1. The van der Waals surface area contributed by atoms with Crippen molar-refractivity contribution in [1.29, 1.82) is 0 Å². The standard InChI is InChI=1S/C14H23N3O/c1-16(9-10-17-7-5-15-6-8-17)12-13-3-2-4-14(18)11-13/h2-4,11,15,18H,5-10,12H2,1H3. The van der Waals surface area contributed by atoms with Crippen LogP contribution in [0.25, 0.3) is 0 Å². The van der Waals surface area contributed by atoms with E-state index in [0.29, 0.717) is 5.75 Å². The molecule has 0 aliphatic carbocycles. The molecule has 2 rings (SSSR count). The number of hydrogen-bond donors (Lipinski definition) is 2. The summed E-state index contributed by atoms with van der Waals surface area (Å²) in [5, 5.41) is 12.8. The van der Waals surface area contributed by atoms with Crippen LogP contribution in [0.3, 0.4) is 0 Å². The van der Waals surface area contributed by atoms with E-state index in [-0.39, 0.29) is 0 Å². The van der Waals surface area contributed by atoms with E-state index in [2.05, 4.69) is 28.2 Å². The minimum atomic E-state index is 0.350. The Hall–Kier alpha value is -1.10. The van der Waals surface area contributed by atoms with Crippen molar-refractivity contribution in [3.63, 3.8) is 0 Å². The average molecular weight is 249 g/mol. The number of nitrogens with zero attached hydrogens (tertiary/aromatic N) is 2. The number of phenols is 1. The molecule has 0 saturated carbocycles. The summed E-state index contributed by atoms with van der Waals surface area (Å²) in [6, 6.07) is 7.50. The zero-order chi connectivity index (χ0) is 12.8. The van der Waals surface area contributed by atoms with Crippen molar-refractivity contribution in [1.82, 2.24) is 15.1 Å². The van der Waals surface area contributed by atoms with Gasteiger partial charge in [0.1, 0.15) is 5.75 Å². The molecular formula is C14H23N3O. The maximum absolute atomic E-state index is 9.43. The lowest BCUT2D eigenvalue weighted by atomic mass is 10.2. The van der Waals surface area contributed by atoms with E-state index >= 15 is 0 Å². The molecule has 0 spiro atoms. The van der Waals surface area contributed by atoms with Crippen LogP contribution in [0.1, 0.15) is 5.56 Å². The number of hydrogen-bond acceptors (Lipinski definition) is 4. The third-order valence-corrected chi connectivity index (χ3v) is 3.37. The second kappa shape index (κ2) is 6.73. The van der Waals surface area contributed by atoms with E-state index in [1.165, 1.54) is 0 Å². The van der Waals surface area contributed by atoms with E-state index in [0.717, 1.165) is 51.4 Å². The third-order valence-electron chi connectivity index (χ3n) is 3.37. The summed E-state index contributed by atoms with van der Waals surface area (Å²) in [4.78, 5) is 4.80. The minimum Gasteiger partial charge on any atom is -0.508 e. The summed E-state index contributed by atoms with van der Waals surface area (Å²) in [6.07, 6.45) is 0. The number of rotatable bonds is 5.